The molecule has 0 atom stereocenters. The third-order valence-corrected chi connectivity index (χ3v) is 6.77. The van der Waals surface area contributed by atoms with E-state index < -0.39 is 11.6 Å². The van der Waals surface area contributed by atoms with Crippen molar-refractivity contribution in [2.24, 2.45) is 0 Å². The number of pyridine rings is 1. The second kappa shape index (κ2) is 9.87. The number of carbonyl (C=O) groups is 2. The second-order valence-corrected chi connectivity index (χ2v) is 10.6. The number of aromatic carboxylic acids is 1. The van der Waals surface area contributed by atoms with Crippen LogP contribution in [0.3, 0.4) is 0 Å². The summed E-state index contributed by atoms with van der Waals surface area (Å²) in [7, 11) is 0. The van der Waals surface area contributed by atoms with Crippen molar-refractivity contribution in [1.29, 1.82) is 0 Å². The first-order valence-corrected chi connectivity index (χ1v) is 12.8. The highest BCUT2D eigenvalue weighted by Crippen LogP contribution is 2.34. The van der Waals surface area contributed by atoms with Gasteiger partial charge in [-0.25, -0.2) is 19.6 Å². The summed E-state index contributed by atoms with van der Waals surface area (Å²) in [5.41, 5.74) is 1.34. The molecule has 1 saturated carbocycles. The lowest BCUT2D eigenvalue weighted by atomic mass is 10.2. The molecule has 2 N–H and O–H groups in total. The van der Waals surface area contributed by atoms with Crippen molar-refractivity contribution in [2.45, 2.75) is 58.1 Å². The van der Waals surface area contributed by atoms with Gasteiger partial charge in [0, 0.05) is 43.8 Å². The Labute approximate surface area is 215 Å². The molecule has 4 heterocycles. The predicted octanol–water partition coefficient (Wildman–Crippen LogP) is 4.44. The molecule has 1 amide bonds. The SMILES string of the molecule is CC(C)(C)OC(=O)N1CCN(c2ccc(Nc3ncc4cc(C(=O)O)n(C5CCCC5)c4n3)nc2)CC1. The van der Waals surface area contributed by atoms with E-state index in [4.69, 9.17) is 4.74 Å². The molecule has 1 aliphatic heterocycles. The van der Waals surface area contributed by atoms with E-state index in [-0.39, 0.29) is 17.8 Å². The van der Waals surface area contributed by atoms with Crippen LogP contribution in [0.4, 0.5) is 22.2 Å². The van der Waals surface area contributed by atoms with Crippen LogP contribution >= 0.6 is 0 Å². The quantitative estimate of drug-likeness (QED) is 0.515. The average molecular weight is 508 g/mol. The maximum absolute atomic E-state index is 12.3. The zero-order valence-electron chi connectivity index (χ0n) is 21.5. The minimum atomic E-state index is -0.955. The summed E-state index contributed by atoms with van der Waals surface area (Å²) in [5.74, 6) is 0.00419. The van der Waals surface area contributed by atoms with Gasteiger partial charge < -0.3 is 29.5 Å². The van der Waals surface area contributed by atoms with Crippen molar-refractivity contribution in [1.82, 2.24) is 24.4 Å². The lowest BCUT2D eigenvalue weighted by Crippen LogP contribution is -2.50. The van der Waals surface area contributed by atoms with Crippen LogP contribution in [-0.2, 0) is 4.74 Å². The summed E-state index contributed by atoms with van der Waals surface area (Å²) in [6.07, 6.45) is 7.24. The Balaban J connectivity index is 1.26. The maximum atomic E-state index is 12.3. The number of anilines is 3. The van der Waals surface area contributed by atoms with Crippen LogP contribution in [0.5, 0.6) is 0 Å². The zero-order valence-corrected chi connectivity index (χ0v) is 21.5. The van der Waals surface area contributed by atoms with Crippen molar-refractivity contribution in [3.8, 4) is 0 Å². The van der Waals surface area contributed by atoms with Crippen LogP contribution in [-0.4, -0.2) is 73.4 Å². The van der Waals surface area contributed by atoms with Gasteiger partial charge in [0.25, 0.3) is 0 Å². The van der Waals surface area contributed by atoms with Crippen LogP contribution < -0.4 is 10.2 Å². The summed E-state index contributed by atoms with van der Waals surface area (Å²) in [5, 5.41) is 13.6. The third kappa shape index (κ3) is 5.45. The van der Waals surface area contributed by atoms with E-state index >= 15 is 0 Å². The van der Waals surface area contributed by atoms with Gasteiger partial charge in [-0.1, -0.05) is 12.8 Å². The van der Waals surface area contributed by atoms with E-state index in [1.165, 1.54) is 0 Å². The van der Waals surface area contributed by atoms with Gasteiger partial charge in [0.1, 0.15) is 22.8 Å². The first kappa shape index (κ1) is 24.8. The zero-order chi connectivity index (χ0) is 26.2. The number of hydrogen-bond acceptors (Lipinski definition) is 8. The molecule has 0 aromatic carbocycles. The van der Waals surface area contributed by atoms with Gasteiger partial charge in [-0.3, -0.25) is 0 Å². The number of carboxylic acid groups (broad SMARTS) is 1. The molecule has 37 heavy (non-hydrogen) atoms. The van der Waals surface area contributed by atoms with Crippen molar-refractivity contribution >= 4 is 40.5 Å². The van der Waals surface area contributed by atoms with Crippen molar-refractivity contribution in [3.05, 3.63) is 36.3 Å². The maximum Gasteiger partial charge on any atom is 0.410 e. The number of carbonyl (C=O) groups excluding carboxylic acids is 1. The largest absolute Gasteiger partial charge is 0.477 e. The highest BCUT2D eigenvalue weighted by molar-refractivity contribution is 5.93. The summed E-state index contributed by atoms with van der Waals surface area (Å²) in [6, 6.07) is 5.62. The Hall–Kier alpha value is -3.89. The van der Waals surface area contributed by atoms with Gasteiger partial charge in [-0.15, -0.1) is 0 Å². The van der Waals surface area contributed by atoms with Gasteiger partial charge in [0.05, 0.1) is 11.9 Å². The van der Waals surface area contributed by atoms with E-state index in [9.17, 15) is 14.7 Å². The second-order valence-electron chi connectivity index (χ2n) is 10.6. The monoisotopic (exact) mass is 507 g/mol. The molecule has 0 bridgehead atoms. The molecule has 0 unspecified atom stereocenters. The summed E-state index contributed by atoms with van der Waals surface area (Å²) in [6.45, 7) is 8.16. The van der Waals surface area contributed by atoms with Gasteiger partial charge in [0.15, 0.2) is 0 Å². The number of ether oxygens (including phenoxy) is 1. The standard InChI is InChI=1S/C26H33N7O4/c1-26(2,3)37-25(36)32-12-10-31(11-13-32)19-8-9-21(27-16-19)29-24-28-15-17-14-20(23(34)35)33(22(17)30-24)18-6-4-5-7-18/h8-9,14-16,18H,4-7,10-13H2,1-3H3,(H,34,35)(H,27,28,29,30). The Morgan fingerprint density at radius 3 is 2.41 bits per heavy atom. The summed E-state index contributed by atoms with van der Waals surface area (Å²) >= 11 is 0. The van der Waals surface area contributed by atoms with E-state index in [1.807, 2.05) is 37.5 Å². The molecule has 3 aromatic rings. The number of amides is 1. The molecule has 196 valence electrons. The Kier molecular flexibility index (Phi) is 6.61. The lowest BCUT2D eigenvalue weighted by molar-refractivity contribution is 0.0240. The Bertz CT molecular complexity index is 1280. The molecule has 0 spiro atoms. The molecular formula is C26H33N7O4. The van der Waals surface area contributed by atoms with Crippen LogP contribution in [0.15, 0.2) is 30.6 Å². The van der Waals surface area contributed by atoms with Crippen molar-refractivity contribution in [2.75, 3.05) is 36.4 Å². The highest BCUT2D eigenvalue weighted by atomic mass is 16.6. The van der Waals surface area contributed by atoms with Gasteiger partial charge in [-0.2, -0.15) is 4.98 Å². The predicted molar refractivity (Wildman–Crippen MR) is 140 cm³/mol. The van der Waals surface area contributed by atoms with Gasteiger partial charge in [0.2, 0.25) is 5.95 Å². The lowest BCUT2D eigenvalue weighted by Gasteiger charge is -2.36. The summed E-state index contributed by atoms with van der Waals surface area (Å²) < 4.78 is 7.32. The molecule has 5 rings (SSSR count). The smallest absolute Gasteiger partial charge is 0.410 e. The van der Waals surface area contributed by atoms with Crippen molar-refractivity contribution in [3.63, 3.8) is 0 Å². The number of piperazine rings is 1. The highest BCUT2D eigenvalue weighted by Gasteiger charge is 2.27. The fourth-order valence-corrected chi connectivity index (χ4v) is 5.00. The molecule has 3 aromatic heterocycles. The molecule has 11 nitrogen and oxygen atoms in total. The third-order valence-electron chi connectivity index (χ3n) is 6.77. The van der Waals surface area contributed by atoms with Crippen LogP contribution in [0.2, 0.25) is 0 Å². The molecule has 1 aliphatic carbocycles. The number of hydrogen-bond donors (Lipinski definition) is 2. The van der Waals surface area contributed by atoms with E-state index in [2.05, 4.69) is 25.2 Å². The minimum Gasteiger partial charge on any atom is -0.477 e. The molecule has 0 radical (unpaired) electrons. The molecule has 2 fully saturated rings. The van der Waals surface area contributed by atoms with Crippen LogP contribution in [0.25, 0.3) is 11.0 Å². The number of rotatable bonds is 5. The van der Waals surface area contributed by atoms with Crippen LogP contribution in [0.1, 0.15) is 63.0 Å². The van der Waals surface area contributed by atoms with Crippen LogP contribution in [0, 0.1) is 0 Å². The number of nitrogens with one attached hydrogen (secondary N) is 1. The first-order chi connectivity index (χ1) is 17.7. The van der Waals surface area contributed by atoms with Crippen molar-refractivity contribution < 1.29 is 19.4 Å². The molecular weight excluding hydrogens is 474 g/mol. The average Bonchev–Trinajstić information content (AvgIpc) is 3.51. The van der Waals surface area contributed by atoms with Gasteiger partial charge in [-0.05, 0) is 51.8 Å². The van der Waals surface area contributed by atoms with E-state index in [1.54, 1.807) is 23.4 Å². The number of fused-ring (bicyclic) bond motifs is 1. The Morgan fingerprint density at radius 1 is 1.05 bits per heavy atom. The minimum absolute atomic E-state index is 0.138. The normalized spacial score (nSPS) is 16.8. The van der Waals surface area contributed by atoms with E-state index in [0.29, 0.717) is 49.0 Å². The van der Waals surface area contributed by atoms with Gasteiger partial charge >= 0.3 is 12.1 Å². The summed E-state index contributed by atoms with van der Waals surface area (Å²) in [4.78, 5) is 41.7. The number of carboxylic acids is 1. The first-order valence-electron chi connectivity index (χ1n) is 12.8. The fourth-order valence-electron chi connectivity index (χ4n) is 5.00. The fraction of sp³-hybridized carbons (Fsp3) is 0.500. The number of aromatic nitrogens is 4. The number of nitrogens with zero attached hydrogens (tertiary/aromatic N) is 6. The topological polar surface area (TPSA) is 126 Å². The Morgan fingerprint density at radius 2 is 1.78 bits per heavy atom. The molecule has 11 heteroatoms. The van der Waals surface area contributed by atoms with E-state index in [0.717, 1.165) is 31.4 Å². The molecule has 2 aliphatic rings. The molecule has 1 saturated heterocycles.